The zero-order valence-electron chi connectivity index (χ0n) is 18.5. The molecule has 2 aromatic rings. The molecule has 1 aliphatic heterocycles. The van der Waals surface area contributed by atoms with Gasteiger partial charge in [0, 0.05) is 19.0 Å². The van der Waals surface area contributed by atoms with Gasteiger partial charge in [-0.25, -0.2) is 8.78 Å². The van der Waals surface area contributed by atoms with Crippen LogP contribution in [0.25, 0.3) is 17.2 Å². The van der Waals surface area contributed by atoms with Crippen molar-refractivity contribution < 1.29 is 33.1 Å². The topological polar surface area (TPSA) is 98.2 Å². The summed E-state index contributed by atoms with van der Waals surface area (Å²) in [6.07, 6.45) is 1.60. The molecule has 0 radical (unpaired) electrons. The van der Waals surface area contributed by atoms with Gasteiger partial charge >= 0.3 is 5.97 Å². The number of benzene rings is 1. The van der Waals surface area contributed by atoms with Crippen LogP contribution in [0.1, 0.15) is 4.88 Å². The highest BCUT2D eigenvalue weighted by Gasteiger charge is 2.34. The van der Waals surface area contributed by atoms with E-state index in [1.165, 1.54) is 31.5 Å². The number of amides is 3. The number of likely N-dealkylation sites (N-methyl/N-ethyl adjacent to an activating group) is 2. The average molecular weight is 540 g/mol. The Balaban J connectivity index is 1.65. The summed E-state index contributed by atoms with van der Waals surface area (Å²) in [4.78, 5) is 52.4. The fraction of sp³-hybridized carbons (Fsp3) is 0.227. The van der Waals surface area contributed by atoms with Crippen LogP contribution >= 0.6 is 35.3 Å². The van der Waals surface area contributed by atoms with Crippen LogP contribution in [0.15, 0.2) is 34.6 Å². The van der Waals surface area contributed by atoms with Gasteiger partial charge in [0.2, 0.25) is 11.8 Å². The maximum atomic E-state index is 13.5. The number of carbonyl (C=O) groups is 4. The molecular formula is C22H19F2N3O5S3. The minimum absolute atomic E-state index is 0.176. The summed E-state index contributed by atoms with van der Waals surface area (Å²) in [6, 6.07) is 5.31. The van der Waals surface area contributed by atoms with Crippen molar-refractivity contribution in [2.75, 3.05) is 33.7 Å². The van der Waals surface area contributed by atoms with Crippen LogP contribution in [0.3, 0.4) is 0 Å². The van der Waals surface area contributed by atoms with Crippen molar-refractivity contribution in [3.63, 3.8) is 0 Å². The Morgan fingerprint density at radius 1 is 1.06 bits per heavy atom. The van der Waals surface area contributed by atoms with Crippen LogP contribution in [0.4, 0.5) is 8.78 Å². The van der Waals surface area contributed by atoms with Gasteiger partial charge in [-0.05, 0) is 40.8 Å². The zero-order chi connectivity index (χ0) is 25.9. The monoisotopic (exact) mass is 539 g/mol. The Morgan fingerprint density at radius 3 is 2.40 bits per heavy atom. The summed E-state index contributed by atoms with van der Waals surface area (Å²) in [5.74, 6) is -4.66. The average Bonchev–Trinajstić information content (AvgIpc) is 3.35. The first kappa shape index (κ1) is 26.4. The maximum absolute atomic E-state index is 13.5. The van der Waals surface area contributed by atoms with E-state index in [0.29, 0.717) is 20.9 Å². The maximum Gasteiger partial charge on any atom is 0.323 e. The van der Waals surface area contributed by atoms with Crippen molar-refractivity contribution in [3.8, 4) is 11.1 Å². The summed E-state index contributed by atoms with van der Waals surface area (Å²) < 4.78 is 26.9. The molecular weight excluding hydrogens is 520 g/mol. The predicted molar refractivity (Wildman–Crippen MR) is 132 cm³/mol. The zero-order valence-corrected chi connectivity index (χ0v) is 20.9. The number of carbonyl (C=O) groups excluding carboxylic acids is 3. The van der Waals surface area contributed by atoms with Gasteiger partial charge in [0.15, 0.2) is 11.6 Å². The molecule has 35 heavy (non-hydrogen) atoms. The molecule has 1 aliphatic rings. The van der Waals surface area contributed by atoms with Crippen molar-refractivity contribution in [2.24, 2.45) is 0 Å². The minimum atomic E-state index is -1.18. The Kier molecular flexibility index (Phi) is 8.35. The van der Waals surface area contributed by atoms with Crippen LogP contribution in [0, 0.1) is 11.6 Å². The molecule has 0 aliphatic carbocycles. The molecule has 8 nitrogen and oxygen atoms in total. The van der Waals surface area contributed by atoms with Gasteiger partial charge in [-0.2, -0.15) is 0 Å². The number of nitrogens with zero attached hydrogens (tertiary/aromatic N) is 3. The van der Waals surface area contributed by atoms with E-state index in [9.17, 15) is 28.0 Å². The van der Waals surface area contributed by atoms with Crippen LogP contribution in [-0.4, -0.2) is 81.5 Å². The molecule has 2 heterocycles. The fourth-order valence-corrected chi connectivity index (χ4v) is 5.15. The lowest BCUT2D eigenvalue weighted by Crippen LogP contribution is -2.45. The van der Waals surface area contributed by atoms with Crippen molar-refractivity contribution in [3.05, 3.63) is 51.1 Å². The summed E-state index contributed by atoms with van der Waals surface area (Å²) in [6.45, 7) is -1.23. The van der Waals surface area contributed by atoms with Gasteiger partial charge in [-0.15, -0.1) is 11.3 Å². The summed E-state index contributed by atoms with van der Waals surface area (Å²) in [5.41, 5.74) is 1.15. The molecule has 0 saturated carbocycles. The number of carboxylic acids is 1. The van der Waals surface area contributed by atoms with Crippen LogP contribution in [0.2, 0.25) is 0 Å². The number of thiophene rings is 1. The number of thioether (sulfide) groups is 1. The van der Waals surface area contributed by atoms with Crippen molar-refractivity contribution in [1.82, 2.24) is 14.7 Å². The van der Waals surface area contributed by atoms with E-state index in [4.69, 9.17) is 17.3 Å². The Bertz CT molecular complexity index is 1250. The summed E-state index contributed by atoms with van der Waals surface area (Å²) in [5, 5.41) is 10.5. The van der Waals surface area contributed by atoms with Gasteiger partial charge in [-0.3, -0.25) is 24.1 Å². The first-order chi connectivity index (χ1) is 16.5. The Morgan fingerprint density at radius 2 is 1.74 bits per heavy atom. The minimum Gasteiger partial charge on any atom is -0.480 e. The smallest absolute Gasteiger partial charge is 0.323 e. The lowest BCUT2D eigenvalue weighted by Gasteiger charge is -2.23. The highest BCUT2D eigenvalue weighted by molar-refractivity contribution is 8.26. The number of hydrogen-bond donors (Lipinski definition) is 1. The molecule has 1 N–H and O–H groups in total. The lowest BCUT2D eigenvalue weighted by atomic mass is 10.1. The predicted octanol–water partition coefficient (Wildman–Crippen LogP) is 2.90. The second kappa shape index (κ2) is 11.1. The van der Waals surface area contributed by atoms with Gasteiger partial charge in [0.05, 0.1) is 11.4 Å². The molecule has 0 bridgehead atoms. The van der Waals surface area contributed by atoms with E-state index in [1.54, 1.807) is 17.5 Å². The summed E-state index contributed by atoms with van der Waals surface area (Å²) in [7, 11) is 2.68. The first-order valence-electron chi connectivity index (χ1n) is 9.95. The van der Waals surface area contributed by atoms with E-state index in [0.717, 1.165) is 38.6 Å². The Labute approximate surface area is 212 Å². The number of hydrogen-bond acceptors (Lipinski definition) is 7. The van der Waals surface area contributed by atoms with Crippen molar-refractivity contribution in [1.29, 1.82) is 0 Å². The largest absolute Gasteiger partial charge is 0.480 e. The van der Waals surface area contributed by atoms with E-state index in [-0.39, 0.29) is 17.4 Å². The third-order valence-electron chi connectivity index (χ3n) is 4.91. The lowest BCUT2D eigenvalue weighted by molar-refractivity contribution is -0.145. The second-order valence-corrected chi connectivity index (χ2v) is 10.1. The third kappa shape index (κ3) is 6.50. The number of thiocarbonyl (C=S) groups is 1. The standard InChI is InChI=1S/C22H19F2N3O5S3/c1-25(8-18(28)26(2)10-20(30)31)19(29)9-27-21(32)17(35-22(27)33)7-14-5-13(11-34-14)12-3-4-15(23)16(24)6-12/h3-7,11H,8-10H2,1-2H3,(H,30,31)/b17-7-. The molecule has 1 aromatic carbocycles. The van der Waals surface area contributed by atoms with Crippen LogP contribution in [0.5, 0.6) is 0 Å². The number of carboxylic acid groups (broad SMARTS) is 1. The molecule has 0 spiro atoms. The molecule has 13 heteroatoms. The highest BCUT2D eigenvalue weighted by atomic mass is 32.2. The second-order valence-electron chi connectivity index (χ2n) is 7.53. The molecule has 3 amide bonds. The Hall–Kier alpha value is -3.16. The van der Waals surface area contributed by atoms with Crippen molar-refractivity contribution >= 4 is 69.4 Å². The van der Waals surface area contributed by atoms with Gasteiger partial charge < -0.3 is 14.9 Å². The van der Waals surface area contributed by atoms with Gasteiger partial charge in [0.1, 0.15) is 17.4 Å². The fourth-order valence-electron chi connectivity index (χ4n) is 2.98. The van der Waals surface area contributed by atoms with E-state index >= 15 is 0 Å². The molecule has 3 rings (SSSR count). The van der Waals surface area contributed by atoms with Gasteiger partial charge in [0.25, 0.3) is 5.91 Å². The summed E-state index contributed by atoms with van der Waals surface area (Å²) >= 11 is 7.56. The van der Waals surface area contributed by atoms with Gasteiger partial charge in [-0.1, -0.05) is 30.0 Å². The van der Waals surface area contributed by atoms with E-state index in [2.05, 4.69) is 0 Å². The molecule has 184 valence electrons. The SMILES string of the molecule is CN(CC(=O)O)C(=O)CN(C)C(=O)CN1C(=O)/C(=C/c2cc(-c3ccc(F)c(F)c3)cs2)SC1=S. The van der Waals surface area contributed by atoms with Crippen molar-refractivity contribution in [2.45, 2.75) is 0 Å². The third-order valence-corrected chi connectivity index (χ3v) is 7.17. The first-order valence-corrected chi connectivity index (χ1v) is 12.1. The molecule has 0 atom stereocenters. The van der Waals surface area contributed by atoms with E-state index < -0.39 is 41.9 Å². The van der Waals surface area contributed by atoms with E-state index in [1.807, 2.05) is 0 Å². The van der Waals surface area contributed by atoms with Crippen LogP contribution in [-0.2, 0) is 19.2 Å². The molecule has 0 unspecified atom stereocenters. The molecule has 1 fully saturated rings. The highest BCUT2D eigenvalue weighted by Crippen LogP contribution is 2.35. The normalized spacial score (nSPS) is 14.5. The number of aliphatic carboxylic acids is 1. The number of halogens is 2. The van der Waals surface area contributed by atoms with Crippen LogP contribution < -0.4 is 0 Å². The quantitative estimate of drug-likeness (QED) is 0.407. The molecule has 1 saturated heterocycles. The molecule has 1 aromatic heterocycles. The number of rotatable bonds is 8.